The smallest absolute Gasteiger partial charge is 0.144 e. The molecular formula is C13H15Cl2NO2. The lowest BCUT2D eigenvalue weighted by Crippen LogP contribution is -2.37. The van der Waals surface area contributed by atoms with Crippen LogP contribution in [0.25, 0.3) is 0 Å². The number of ketones is 1. The van der Waals surface area contributed by atoms with Crippen molar-refractivity contribution >= 4 is 29.0 Å². The van der Waals surface area contributed by atoms with Gasteiger partial charge in [-0.2, -0.15) is 0 Å². The van der Waals surface area contributed by atoms with Crippen LogP contribution in [0.4, 0.5) is 0 Å². The van der Waals surface area contributed by atoms with Gasteiger partial charge in [-0.3, -0.25) is 4.79 Å². The van der Waals surface area contributed by atoms with Crippen molar-refractivity contribution in [3.8, 4) is 0 Å². The zero-order valence-corrected chi connectivity index (χ0v) is 11.6. The molecular weight excluding hydrogens is 273 g/mol. The summed E-state index contributed by atoms with van der Waals surface area (Å²) in [5.74, 6) is 0.0288. The summed E-state index contributed by atoms with van der Waals surface area (Å²) in [5, 5.41) is 4.27. The fourth-order valence-corrected chi connectivity index (χ4v) is 2.53. The molecule has 1 aliphatic rings. The third kappa shape index (κ3) is 3.04. The molecule has 3 nitrogen and oxygen atoms in total. The number of ether oxygens (including phenoxy) is 1. The normalized spacial score (nSPS) is 23.3. The van der Waals surface area contributed by atoms with Gasteiger partial charge in [-0.15, -0.1) is 0 Å². The van der Waals surface area contributed by atoms with E-state index in [2.05, 4.69) is 5.32 Å². The van der Waals surface area contributed by atoms with Gasteiger partial charge in [0.2, 0.25) is 0 Å². The molecule has 98 valence electrons. The van der Waals surface area contributed by atoms with Gasteiger partial charge in [-0.1, -0.05) is 23.2 Å². The Hall–Kier alpha value is -0.610. The average molecular weight is 288 g/mol. The van der Waals surface area contributed by atoms with Gasteiger partial charge in [0.1, 0.15) is 5.78 Å². The first-order valence-corrected chi connectivity index (χ1v) is 6.59. The summed E-state index contributed by atoms with van der Waals surface area (Å²) in [6, 6.07) is 5.27. The number of nitrogens with one attached hydrogen (secondary N) is 1. The summed E-state index contributed by atoms with van der Waals surface area (Å²) >= 11 is 12.0. The summed E-state index contributed by atoms with van der Waals surface area (Å²) < 4.78 is 5.33. The van der Waals surface area contributed by atoms with Crippen molar-refractivity contribution in [3.63, 3.8) is 0 Å². The maximum absolute atomic E-state index is 12.2. The molecule has 2 atom stereocenters. The predicted octanol–water partition coefficient (Wildman–Crippen LogP) is 2.34. The fraction of sp³-hybridized carbons (Fsp3) is 0.462. The quantitative estimate of drug-likeness (QED) is 0.924. The highest BCUT2D eigenvalue weighted by molar-refractivity contribution is 6.33. The van der Waals surface area contributed by atoms with Crippen molar-refractivity contribution in [2.75, 3.05) is 20.3 Å². The molecule has 0 amide bonds. The van der Waals surface area contributed by atoms with Crippen LogP contribution in [0.3, 0.4) is 0 Å². The van der Waals surface area contributed by atoms with Gasteiger partial charge < -0.3 is 10.1 Å². The molecule has 0 aromatic heterocycles. The maximum Gasteiger partial charge on any atom is 0.144 e. The third-order valence-electron chi connectivity index (χ3n) is 3.24. The van der Waals surface area contributed by atoms with Crippen LogP contribution in [-0.4, -0.2) is 32.1 Å². The van der Waals surface area contributed by atoms with Crippen molar-refractivity contribution < 1.29 is 9.53 Å². The SMILES string of the molecule is CNC1COCC1C(=O)Cc1cc(Cl)ccc1Cl. The van der Waals surface area contributed by atoms with Gasteiger partial charge >= 0.3 is 0 Å². The first-order valence-electron chi connectivity index (χ1n) is 5.83. The lowest BCUT2D eigenvalue weighted by molar-refractivity contribution is -0.122. The molecule has 1 saturated heterocycles. The highest BCUT2D eigenvalue weighted by atomic mass is 35.5. The average Bonchev–Trinajstić information content (AvgIpc) is 2.82. The van der Waals surface area contributed by atoms with Crippen molar-refractivity contribution in [2.24, 2.45) is 5.92 Å². The van der Waals surface area contributed by atoms with E-state index in [1.807, 2.05) is 7.05 Å². The van der Waals surface area contributed by atoms with Crippen LogP contribution in [0, 0.1) is 5.92 Å². The molecule has 1 aromatic rings. The molecule has 0 radical (unpaired) electrons. The monoisotopic (exact) mass is 287 g/mol. The van der Waals surface area contributed by atoms with Gasteiger partial charge in [-0.05, 0) is 30.8 Å². The van der Waals surface area contributed by atoms with E-state index in [4.69, 9.17) is 27.9 Å². The Balaban J connectivity index is 2.09. The number of rotatable bonds is 4. The van der Waals surface area contributed by atoms with Gasteiger partial charge in [-0.25, -0.2) is 0 Å². The molecule has 1 aromatic carbocycles. The highest BCUT2D eigenvalue weighted by Crippen LogP contribution is 2.24. The van der Waals surface area contributed by atoms with Crippen molar-refractivity contribution in [1.82, 2.24) is 5.32 Å². The zero-order valence-electron chi connectivity index (χ0n) is 10.1. The minimum absolute atomic E-state index is 0.0930. The Morgan fingerprint density at radius 2 is 2.22 bits per heavy atom. The van der Waals surface area contributed by atoms with E-state index < -0.39 is 0 Å². The summed E-state index contributed by atoms with van der Waals surface area (Å²) in [6.45, 7) is 1.05. The van der Waals surface area contributed by atoms with Gasteiger partial charge in [0.05, 0.1) is 19.1 Å². The lowest BCUT2D eigenvalue weighted by Gasteiger charge is -2.15. The number of hydrogen-bond donors (Lipinski definition) is 1. The van der Waals surface area contributed by atoms with Crippen LogP contribution in [0.2, 0.25) is 10.0 Å². The summed E-state index contributed by atoms with van der Waals surface area (Å²) in [4.78, 5) is 12.2. The summed E-state index contributed by atoms with van der Waals surface area (Å²) in [5.41, 5.74) is 0.774. The van der Waals surface area contributed by atoms with E-state index in [0.29, 0.717) is 29.7 Å². The van der Waals surface area contributed by atoms with Crippen LogP contribution in [0.15, 0.2) is 18.2 Å². The van der Waals surface area contributed by atoms with Crippen molar-refractivity contribution in [1.29, 1.82) is 0 Å². The summed E-state index contributed by atoms with van der Waals surface area (Å²) in [6.07, 6.45) is 0.297. The van der Waals surface area contributed by atoms with Crippen LogP contribution >= 0.6 is 23.2 Å². The van der Waals surface area contributed by atoms with Crippen molar-refractivity contribution in [3.05, 3.63) is 33.8 Å². The lowest BCUT2D eigenvalue weighted by atomic mass is 9.94. The van der Waals surface area contributed by atoms with E-state index in [0.717, 1.165) is 5.56 Å². The standard InChI is InChI=1S/C13H15Cl2NO2/c1-16-12-7-18-6-10(12)13(17)5-8-4-9(14)2-3-11(8)15/h2-4,10,12,16H,5-7H2,1H3. The molecule has 0 aliphatic carbocycles. The molecule has 0 spiro atoms. The number of carbonyl (C=O) groups is 1. The first kappa shape index (κ1) is 13.8. The van der Waals surface area contributed by atoms with E-state index in [-0.39, 0.29) is 17.7 Å². The zero-order chi connectivity index (χ0) is 13.1. The Bertz CT molecular complexity index is 451. The molecule has 0 bridgehead atoms. The third-order valence-corrected chi connectivity index (χ3v) is 3.84. The second-order valence-corrected chi connectivity index (χ2v) is 5.26. The first-order chi connectivity index (χ1) is 8.61. The number of likely N-dealkylation sites (N-methyl/N-ethyl adjacent to an activating group) is 1. The Labute approximate surface area is 116 Å². The molecule has 2 unspecified atom stereocenters. The number of carbonyl (C=O) groups excluding carboxylic acids is 1. The Morgan fingerprint density at radius 3 is 2.94 bits per heavy atom. The number of halogens is 2. The Morgan fingerprint density at radius 1 is 1.44 bits per heavy atom. The molecule has 0 saturated carbocycles. The van der Waals surface area contributed by atoms with E-state index in [9.17, 15) is 4.79 Å². The van der Waals surface area contributed by atoms with Gasteiger partial charge in [0.25, 0.3) is 0 Å². The van der Waals surface area contributed by atoms with Crippen LogP contribution in [0.1, 0.15) is 5.56 Å². The minimum Gasteiger partial charge on any atom is -0.379 e. The van der Waals surface area contributed by atoms with Crippen molar-refractivity contribution in [2.45, 2.75) is 12.5 Å². The highest BCUT2D eigenvalue weighted by Gasteiger charge is 2.32. The maximum atomic E-state index is 12.2. The minimum atomic E-state index is -0.106. The van der Waals surface area contributed by atoms with Gasteiger partial charge in [0, 0.05) is 22.5 Å². The number of Topliss-reactive ketones (excluding diaryl/α,β-unsaturated/α-hetero) is 1. The fourth-order valence-electron chi connectivity index (χ4n) is 2.15. The molecule has 5 heteroatoms. The second-order valence-electron chi connectivity index (χ2n) is 4.42. The molecule has 2 rings (SSSR count). The number of benzene rings is 1. The molecule has 1 N–H and O–H groups in total. The second kappa shape index (κ2) is 6.02. The largest absolute Gasteiger partial charge is 0.379 e. The van der Waals surface area contributed by atoms with Gasteiger partial charge in [0.15, 0.2) is 0 Å². The van der Waals surface area contributed by atoms with E-state index >= 15 is 0 Å². The predicted molar refractivity (Wildman–Crippen MR) is 72.3 cm³/mol. The molecule has 18 heavy (non-hydrogen) atoms. The van der Waals surface area contributed by atoms with Crippen LogP contribution in [-0.2, 0) is 16.0 Å². The number of hydrogen-bond acceptors (Lipinski definition) is 3. The topological polar surface area (TPSA) is 38.3 Å². The van der Waals surface area contributed by atoms with E-state index in [1.54, 1.807) is 18.2 Å². The molecule has 1 aliphatic heterocycles. The van der Waals surface area contributed by atoms with Crippen LogP contribution < -0.4 is 5.32 Å². The summed E-state index contributed by atoms with van der Waals surface area (Å²) in [7, 11) is 1.84. The molecule has 1 heterocycles. The Kier molecular flexibility index (Phi) is 4.62. The van der Waals surface area contributed by atoms with E-state index in [1.165, 1.54) is 0 Å². The van der Waals surface area contributed by atoms with Crippen LogP contribution in [0.5, 0.6) is 0 Å². The molecule has 1 fully saturated rings.